The van der Waals surface area contributed by atoms with Gasteiger partial charge in [-0.3, -0.25) is 28.5 Å². The van der Waals surface area contributed by atoms with Crippen molar-refractivity contribution in [2.24, 2.45) is 24.2 Å². The number of amides is 5. The summed E-state index contributed by atoms with van der Waals surface area (Å²) in [4.78, 5) is 97.7. The van der Waals surface area contributed by atoms with E-state index in [1.54, 1.807) is 19.0 Å². The summed E-state index contributed by atoms with van der Waals surface area (Å²) in [5.41, 5.74) is 24.9. The lowest BCUT2D eigenvalue weighted by atomic mass is 9.52. The highest BCUT2D eigenvalue weighted by Gasteiger charge is 2.53. The van der Waals surface area contributed by atoms with Crippen LogP contribution in [0.2, 0.25) is 0 Å². The topological polar surface area (TPSA) is 259 Å². The number of carbonyl (C=O) groups excluding carboxylic acids is 5. The largest absolute Gasteiger partial charge is 0.422 e. The normalized spacial score (nSPS) is 18.8. The van der Waals surface area contributed by atoms with Gasteiger partial charge in [0, 0.05) is 94.4 Å². The van der Waals surface area contributed by atoms with Gasteiger partial charge in [-0.1, -0.05) is 62.8 Å². The summed E-state index contributed by atoms with van der Waals surface area (Å²) in [7, 11) is 4.84. The van der Waals surface area contributed by atoms with Crippen LogP contribution in [0.3, 0.4) is 0 Å². The van der Waals surface area contributed by atoms with E-state index in [9.17, 15) is 33.6 Å². The quantitative estimate of drug-likeness (QED) is 0.0436. The molecule has 4 aliphatic carbocycles. The van der Waals surface area contributed by atoms with E-state index in [1.807, 2.05) is 12.1 Å². The van der Waals surface area contributed by atoms with Crippen LogP contribution in [0.5, 0.6) is 0 Å². The molecule has 1 fully saturated rings. The van der Waals surface area contributed by atoms with Crippen LogP contribution < -0.4 is 39.2 Å². The van der Waals surface area contributed by atoms with Gasteiger partial charge in [-0.05, 0) is 134 Å². The molecule has 9 rings (SSSR count). The van der Waals surface area contributed by atoms with Gasteiger partial charge in [-0.15, -0.1) is 0 Å². The molecule has 1 saturated heterocycles. The van der Waals surface area contributed by atoms with Gasteiger partial charge in [0.15, 0.2) is 0 Å². The van der Waals surface area contributed by atoms with E-state index >= 15 is 0 Å². The third kappa shape index (κ3) is 12.5. The average molecular weight is 1060 g/mol. The zero-order chi connectivity index (χ0) is 54.8. The Labute approximate surface area is 450 Å². The summed E-state index contributed by atoms with van der Waals surface area (Å²) in [6.45, 7) is 2.43. The van der Waals surface area contributed by atoms with Crippen molar-refractivity contribution < 1.29 is 33.1 Å². The number of carbonyl (C=O) groups is 5. The fourth-order valence-electron chi connectivity index (χ4n) is 11.9. The van der Waals surface area contributed by atoms with E-state index in [4.69, 9.17) is 26.4 Å². The summed E-state index contributed by atoms with van der Waals surface area (Å²) in [6.07, 6.45) is 16.6. The molecule has 4 aromatic rings. The molecule has 2 heterocycles. The van der Waals surface area contributed by atoms with E-state index in [2.05, 4.69) is 47.1 Å². The molecular weight excluding hydrogens is 979 g/mol. The Kier molecular flexibility index (Phi) is 18.8. The van der Waals surface area contributed by atoms with Crippen molar-refractivity contribution in [1.82, 2.24) is 19.3 Å². The van der Waals surface area contributed by atoms with E-state index in [0.717, 1.165) is 97.4 Å². The Morgan fingerprint density at radius 2 is 1.34 bits per heavy atom. The molecule has 8 N–H and O–H groups in total. The Hall–Kier alpha value is -6.73. The van der Waals surface area contributed by atoms with Gasteiger partial charge in [0.2, 0.25) is 23.6 Å². The second kappa shape index (κ2) is 25.6. The number of likely N-dealkylation sites (N-methyl/N-ethyl adjacent to an activating group) is 2. The molecule has 5 aliphatic rings. The van der Waals surface area contributed by atoms with Crippen LogP contribution in [0.1, 0.15) is 141 Å². The zero-order valence-electron chi connectivity index (χ0n) is 45.0. The summed E-state index contributed by atoms with van der Waals surface area (Å²) in [5, 5.41) is 6.53. The number of allylic oxidation sites excluding steroid dienone is 4. The van der Waals surface area contributed by atoms with Crippen LogP contribution in [-0.4, -0.2) is 121 Å². The number of aromatic nitrogens is 1. The number of aryl methyl sites for hydroxylation is 1. The van der Waals surface area contributed by atoms with Gasteiger partial charge in [0.1, 0.15) is 6.04 Å². The number of hydrogen-bond acceptors (Lipinski definition) is 12. The number of nitrogens with two attached hydrogens (primary N) is 3. The Morgan fingerprint density at radius 1 is 0.753 bits per heavy atom. The number of unbranched alkanes of at least 4 members (excludes halogenated alkanes) is 8. The lowest BCUT2D eigenvalue weighted by Crippen LogP contribution is -2.47. The fraction of sp³-hybridized carbons (Fsp3) is 0.508. The first-order valence-corrected chi connectivity index (χ1v) is 27.6. The molecule has 0 radical (unpaired) electrons. The molecule has 0 unspecified atom stereocenters. The smallest absolute Gasteiger partial charge is 0.378 e. The van der Waals surface area contributed by atoms with Crippen molar-refractivity contribution in [2.75, 3.05) is 70.7 Å². The van der Waals surface area contributed by atoms with Crippen molar-refractivity contribution >= 4 is 51.8 Å². The predicted octanol–water partition coefficient (Wildman–Crippen LogP) is 5.92. The molecule has 77 heavy (non-hydrogen) atoms. The number of fused-ring (bicyclic) bond motifs is 1. The lowest BCUT2D eigenvalue weighted by Gasteiger charge is -2.51. The number of anilines is 2. The van der Waals surface area contributed by atoms with E-state index in [1.165, 1.54) is 46.2 Å². The van der Waals surface area contributed by atoms with Crippen LogP contribution in [0, 0.1) is 0 Å². The minimum atomic E-state index is -0.854. The number of likely N-dealkylation sites (tertiary alicyclic amines) is 1. The number of benzene rings is 3. The first-order chi connectivity index (χ1) is 37.2. The Morgan fingerprint density at radius 3 is 1.95 bits per heavy atom. The third-order valence-corrected chi connectivity index (χ3v) is 16.0. The Balaban J connectivity index is 0.917. The van der Waals surface area contributed by atoms with Crippen molar-refractivity contribution in [3.8, 4) is 0 Å². The van der Waals surface area contributed by atoms with Crippen molar-refractivity contribution in [3.63, 3.8) is 0 Å². The van der Waals surface area contributed by atoms with Crippen molar-refractivity contribution in [1.29, 1.82) is 0 Å². The molecule has 1 aromatic heterocycles. The van der Waals surface area contributed by atoms with Gasteiger partial charge in [-0.25, -0.2) is 9.59 Å². The van der Waals surface area contributed by atoms with Crippen LogP contribution in [0.25, 0.3) is 10.9 Å². The maximum atomic E-state index is 14.3. The first kappa shape index (κ1) is 56.5. The fourth-order valence-corrected chi connectivity index (χ4v) is 11.9. The molecule has 18 heteroatoms. The molecule has 0 saturated carbocycles. The lowest BCUT2D eigenvalue weighted by molar-refractivity contribution is -0.134. The standard InChI is InChI=1S/C59H77N9O9/c1-65(29-31-76-32-30-66(2)56(73)50-34-39(62)37-68(50)55(72)38-19-22-45-49(33-38)67(3)58(75)77-57(45)74)53(71)25-26-59-46-16-14-15-42(46)54(43-23-20-40(35-47(43)59)63-51(69)17-10-6-4-8-12-27-60)44-24-21-41(36-48(44)59)64-52(70)18-11-7-5-9-13-28-61/h14-15,19-24,33,35-36,39,50,54H,4-13,16-18,25-32,34,37,60-62H2,1-3H3,(H,63,69)(H,64,70)/t39-,50-,54?,59?/m0/s1. The van der Waals surface area contributed by atoms with Gasteiger partial charge in [-0.2, -0.15) is 0 Å². The number of nitrogens with zero attached hydrogens (tertiary/aromatic N) is 4. The van der Waals surface area contributed by atoms with Crippen LogP contribution >= 0.6 is 0 Å². The Bertz CT molecular complexity index is 2950. The van der Waals surface area contributed by atoms with E-state index in [0.29, 0.717) is 50.3 Å². The second-order valence-corrected chi connectivity index (χ2v) is 21.3. The number of nitrogens with one attached hydrogen (secondary N) is 2. The zero-order valence-corrected chi connectivity index (χ0v) is 45.0. The first-order valence-electron chi connectivity index (χ1n) is 27.6. The molecule has 18 nitrogen and oxygen atoms in total. The average Bonchev–Trinajstić information content (AvgIpc) is 4.28. The SMILES string of the molecule is CN(CCOCCN(C)C(=O)[C@@H]1C[C@H](N)CN1C(=O)c1ccc2c(=O)oc(=O)n(C)c2c1)C(=O)CCC12C3=C(C=CC3)C(c3ccc(NC(=O)CCCCCCCN)cc31)c1ccc(NC(=O)CCCCCCCN)cc12. The van der Waals surface area contributed by atoms with Gasteiger partial charge in [0.05, 0.1) is 24.1 Å². The number of hydrogen-bond donors (Lipinski definition) is 5. The minimum Gasteiger partial charge on any atom is -0.378 e. The van der Waals surface area contributed by atoms with Crippen molar-refractivity contribution in [3.05, 3.63) is 127 Å². The second-order valence-electron chi connectivity index (χ2n) is 21.3. The van der Waals surface area contributed by atoms with Gasteiger partial charge < -0.3 is 51.7 Å². The van der Waals surface area contributed by atoms with Crippen LogP contribution in [0.15, 0.2) is 91.9 Å². The highest BCUT2D eigenvalue weighted by Crippen LogP contribution is 2.63. The van der Waals surface area contributed by atoms with Crippen LogP contribution in [-0.2, 0) is 36.4 Å². The van der Waals surface area contributed by atoms with Gasteiger partial charge in [0.25, 0.3) is 5.91 Å². The summed E-state index contributed by atoms with van der Waals surface area (Å²) >= 11 is 0. The molecule has 2 atom stereocenters. The minimum absolute atomic E-state index is 0.0319. The molecule has 412 valence electrons. The molecule has 2 bridgehead atoms. The third-order valence-electron chi connectivity index (χ3n) is 16.0. The number of rotatable bonds is 27. The monoisotopic (exact) mass is 1060 g/mol. The maximum absolute atomic E-state index is 14.3. The van der Waals surface area contributed by atoms with Crippen LogP contribution in [0.4, 0.5) is 11.4 Å². The van der Waals surface area contributed by atoms with E-state index in [-0.39, 0.29) is 85.2 Å². The van der Waals surface area contributed by atoms with Crippen molar-refractivity contribution in [2.45, 2.75) is 126 Å². The summed E-state index contributed by atoms with van der Waals surface area (Å²) < 4.78 is 11.9. The molecular formula is C59H77N9O9. The molecule has 5 amide bonds. The maximum Gasteiger partial charge on any atom is 0.422 e. The summed E-state index contributed by atoms with van der Waals surface area (Å²) in [5.74, 6) is -1.77. The highest BCUT2D eigenvalue weighted by molar-refractivity contribution is 6.00. The summed E-state index contributed by atoms with van der Waals surface area (Å²) in [6, 6.07) is 15.6. The molecule has 0 spiro atoms. The molecule has 3 aromatic carbocycles. The number of ether oxygens (including phenoxy) is 1. The van der Waals surface area contributed by atoms with E-state index < -0.39 is 34.8 Å². The van der Waals surface area contributed by atoms with Gasteiger partial charge >= 0.3 is 11.4 Å². The predicted molar refractivity (Wildman–Crippen MR) is 298 cm³/mol. The molecule has 1 aliphatic heterocycles. The highest BCUT2D eigenvalue weighted by atomic mass is 16.5.